The number of carbonyl (C=O) groups excluding carboxylic acids is 1. The van der Waals surface area contributed by atoms with E-state index in [1.807, 2.05) is 0 Å². The van der Waals surface area contributed by atoms with E-state index in [1.165, 1.54) is 0 Å². The minimum Gasteiger partial charge on any atom is -1.00 e. The molecule has 8 heavy (non-hydrogen) atoms. The van der Waals surface area contributed by atoms with E-state index < -0.39 is 11.8 Å². The second-order valence-electron chi connectivity index (χ2n) is 0.861. The first-order valence-corrected chi connectivity index (χ1v) is 1.38. The van der Waals surface area contributed by atoms with Crippen LogP contribution in [-0.2, 0) is 9.59 Å². The molecule has 1 N–H and O–H groups in total. The molecule has 5 heteroatoms. The number of hydrogen-bond donors (Lipinski definition) is 1. The maximum atomic E-state index is 9.54. The number of hydrogen-bond acceptors (Lipinski definition) is 2. The van der Waals surface area contributed by atoms with E-state index >= 15 is 0 Å². The Labute approximate surface area is 104 Å². The smallest absolute Gasteiger partial charge is 1.00 e. The Morgan fingerprint density at radius 3 is 1.62 bits per heavy atom. The molecule has 0 amide bonds. The van der Waals surface area contributed by atoms with Gasteiger partial charge in [0.1, 0.15) is 0 Å². The normalized spacial score (nSPS) is 5.62. The van der Waals surface area contributed by atoms with Gasteiger partial charge in [-0.1, -0.05) is 0 Å². The van der Waals surface area contributed by atoms with Gasteiger partial charge in [-0.3, -0.25) is 4.79 Å². The molecule has 0 saturated heterocycles. The third-order valence-corrected chi connectivity index (χ3v) is 0.301. The number of carboxylic acid groups (broad SMARTS) is 1. The van der Waals surface area contributed by atoms with Crippen molar-refractivity contribution in [1.29, 1.82) is 0 Å². The van der Waals surface area contributed by atoms with Gasteiger partial charge in [-0.25, -0.2) is 4.79 Å². The van der Waals surface area contributed by atoms with Crippen molar-refractivity contribution in [2.24, 2.45) is 0 Å². The fourth-order valence-electron chi connectivity index (χ4n) is 0. The molecule has 0 aromatic heterocycles. The molecule has 0 heterocycles. The number of ketones is 1. The predicted octanol–water partition coefficient (Wildman–Crippen LogP) is -3.38. The molecule has 40 valence electrons. The van der Waals surface area contributed by atoms with Crippen molar-refractivity contribution in [3.8, 4) is 0 Å². The van der Waals surface area contributed by atoms with Crippen LogP contribution in [0.15, 0.2) is 0 Å². The van der Waals surface area contributed by atoms with Gasteiger partial charge in [0.25, 0.3) is 0 Å². The summed E-state index contributed by atoms with van der Waals surface area (Å²) in [5.41, 5.74) is 0. The molecule has 0 aliphatic heterocycles. The number of Topliss-reactive ketones (excluding diaryl/α,β-unsaturated/α-hetero) is 1. The zero-order valence-electron chi connectivity index (χ0n) is 7.97. The van der Waals surface area contributed by atoms with Crippen LogP contribution in [0.2, 0.25) is 0 Å². The van der Waals surface area contributed by atoms with Crippen molar-refractivity contribution < 1.29 is 48.5 Å². The van der Waals surface area contributed by atoms with Crippen molar-refractivity contribution in [2.75, 3.05) is 0 Å². The molecule has 0 saturated carbocycles. The number of aliphatic carboxylic acids is 1. The molecular weight excluding hydrogens is 147 g/mol. The van der Waals surface area contributed by atoms with Gasteiger partial charge in [-0.15, -0.1) is 0 Å². The summed E-state index contributed by atoms with van der Waals surface area (Å²) < 4.78 is 0. The van der Waals surface area contributed by atoms with Crippen LogP contribution in [0, 0.1) is 0 Å². The maximum Gasteiger partial charge on any atom is 2.00 e. The van der Waals surface area contributed by atoms with E-state index in [0.29, 0.717) is 0 Å². The minimum atomic E-state index is -1.38. The van der Waals surface area contributed by atoms with E-state index in [0.717, 1.165) is 6.92 Å². The first-order valence-electron chi connectivity index (χ1n) is 1.38. The second-order valence-corrected chi connectivity index (χ2v) is 0.861. The Bertz CT molecular complexity index is 89.8. The van der Waals surface area contributed by atoms with Crippen molar-refractivity contribution >= 4 is 49.5 Å². The van der Waals surface area contributed by atoms with Crippen LogP contribution in [-0.4, -0.2) is 54.6 Å². The molecule has 0 radical (unpaired) electrons. The van der Waals surface area contributed by atoms with Crippen molar-refractivity contribution in [1.82, 2.24) is 0 Å². The maximum absolute atomic E-state index is 9.54. The van der Waals surface area contributed by atoms with Crippen LogP contribution >= 0.6 is 0 Å². The molecule has 0 aromatic carbocycles. The van der Waals surface area contributed by atoms with Crippen molar-refractivity contribution in [3.63, 3.8) is 0 Å². The molecule has 0 aliphatic carbocycles. The molecular formula is C3H7CaNaO3. The molecule has 0 aromatic rings. The zero-order valence-corrected chi connectivity index (χ0v) is 9.18. The zero-order chi connectivity index (χ0) is 5.15. The molecule has 3 nitrogen and oxygen atoms in total. The van der Waals surface area contributed by atoms with Crippen molar-refractivity contribution in [3.05, 3.63) is 0 Å². The van der Waals surface area contributed by atoms with Gasteiger partial charge in [0.05, 0.1) is 0 Å². The third kappa shape index (κ3) is 10.4. The molecule has 0 atom stereocenters. The molecule has 0 spiro atoms. The van der Waals surface area contributed by atoms with Gasteiger partial charge in [0.2, 0.25) is 5.78 Å². The molecule has 0 rings (SSSR count). The minimum absolute atomic E-state index is 0. The van der Waals surface area contributed by atoms with Crippen LogP contribution in [0.1, 0.15) is 11.2 Å². The summed E-state index contributed by atoms with van der Waals surface area (Å²) in [6, 6.07) is 0. The van der Waals surface area contributed by atoms with Crippen LogP contribution in [0.3, 0.4) is 0 Å². The summed E-state index contributed by atoms with van der Waals surface area (Å²) in [4.78, 5) is 18.9. The number of rotatable bonds is 1. The Hall–Kier alpha value is 1.40. The quantitative estimate of drug-likeness (QED) is 0.317. The predicted molar refractivity (Wildman–Crippen MR) is 27.4 cm³/mol. The topological polar surface area (TPSA) is 54.4 Å². The number of carbonyl (C=O) groups is 2. The average molecular weight is 154 g/mol. The van der Waals surface area contributed by atoms with E-state index in [-0.39, 0.29) is 71.6 Å². The number of carboxylic acids is 1. The monoisotopic (exact) mass is 154 g/mol. The van der Waals surface area contributed by atoms with Crippen LogP contribution < -0.4 is 29.6 Å². The Morgan fingerprint density at radius 2 is 1.62 bits per heavy atom. The van der Waals surface area contributed by atoms with Gasteiger partial charge >= 0.3 is 73.3 Å². The fraction of sp³-hybridized carbons (Fsp3) is 0.333. The summed E-state index contributed by atoms with van der Waals surface area (Å²) in [5.74, 6) is -2.20. The van der Waals surface area contributed by atoms with E-state index in [2.05, 4.69) is 0 Å². The van der Waals surface area contributed by atoms with Gasteiger partial charge in [-0.05, 0) is 0 Å². The van der Waals surface area contributed by atoms with E-state index in [1.54, 1.807) is 0 Å². The second kappa shape index (κ2) is 8.40. The standard InChI is InChI=1S/C3H4O3.Ca.Na.3H/c1-2(4)3(5)6;;;;;/h1H3,(H,5,6);;;;;/q;+2;+1;3*-1. The van der Waals surface area contributed by atoms with Crippen LogP contribution in [0.4, 0.5) is 0 Å². The van der Waals surface area contributed by atoms with Gasteiger partial charge in [0, 0.05) is 6.92 Å². The van der Waals surface area contributed by atoms with Gasteiger partial charge < -0.3 is 9.39 Å². The Morgan fingerprint density at radius 1 is 1.50 bits per heavy atom. The van der Waals surface area contributed by atoms with Gasteiger partial charge in [-0.2, -0.15) is 0 Å². The van der Waals surface area contributed by atoms with E-state index in [4.69, 9.17) is 5.11 Å². The largest absolute Gasteiger partial charge is 2.00 e. The molecule has 0 aliphatic rings. The Kier molecular flexibility index (Phi) is 17.0. The fourth-order valence-corrected chi connectivity index (χ4v) is 0. The SMILES string of the molecule is CC(=O)C(=O)O.[Ca+2].[H-].[H-].[H-].[Na+]. The summed E-state index contributed by atoms with van der Waals surface area (Å²) in [7, 11) is 0. The molecule has 0 unspecified atom stereocenters. The molecule has 0 fully saturated rings. The van der Waals surface area contributed by atoms with Crippen molar-refractivity contribution in [2.45, 2.75) is 6.92 Å². The van der Waals surface area contributed by atoms with Crippen LogP contribution in [0.5, 0.6) is 0 Å². The Balaban J connectivity index is -0.0000000125. The van der Waals surface area contributed by atoms with Gasteiger partial charge in [0.15, 0.2) is 0 Å². The summed E-state index contributed by atoms with van der Waals surface area (Å²) in [6.07, 6.45) is 0. The first kappa shape index (κ1) is 16.2. The summed E-state index contributed by atoms with van der Waals surface area (Å²) in [6.45, 7) is 1.00. The van der Waals surface area contributed by atoms with E-state index in [9.17, 15) is 9.59 Å². The summed E-state index contributed by atoms with van der Waals surface area (Å²) >= 11 is 0. The third-order valence-electron chi connectivity index (χ3n) is 0.301. The van der Waals surface area contributed by atoms with Crippen LogP contribution in [0.25, 0.3) is 0 Å². The average Bonchev–Trinajstić information content (AvgIpc) is 1.36. The first-order chi connectivity index (χ1) is 2.64. The molecule has 0 bridgehead atoms. The summed E-state index contributed by atoms with van der Waals surface area (Å²) in [5, 5.41) is 7.64.